The highest BCUT2D eigenvalue weighted by Crippen LogP contribution is 2.54. The van der Waals surface area contributed by atoms with E-state index in [4.69, 9.17) is 34.8 Å². The van der Waals surface area contributed by atoms with E-state index in [1.807, 2.05) is 0 Å². The van der Waals surface area contributed by atoms with Gasteiger partial charge >= 0.3 is 18.0 Å². The number of benzene rings is 1. The van der Waals surface area contributed by atoms with Gasteiger partial charge in [-0.15, -0.1) is 0 Å². The molecule has 0 fully saturated rings. The van der Waals surface area contributed by atoms with Gasteiger partial charge in [0, 0.05) is 29.1 Å². The molecule has 0 aliphatic carbocycles. The summed E-state index contributed by atoms with van der Waals surface area (Å²) in [5.74, 6) is 0. The van der Waals surface area contributed by atoms with Crippen molar-refractivity contribution in [3.05, 3.63) is 63.1 Å². The van der Waals surface area contributed by atoms with E-state index in [-0.39, 0.29) is 28.5 Å². The number of carbonyl (C=O) groups is 1. The lowest BCUT2D eigenvalue weighted by Gasteiger charge is -2.30. The molecule has 0 aliphatic rings. The van der Waals surface area contributed by atoms with Crippen LogP contribution in [0.25, 0.3) is 16.8 Å². The van der Waals surface area contributed by atoms with E-state index in [9.17, 15) is 35.5 Å². The van der Waals surface area contributed by atoms with E-state index < -0.39 is 33.6 Å². The van der Waals surface area contributed by atoms with Crippen molar-refractivity contribution in [1.29, 1.82) is 0 Å². The first-order valence-corrected chi connectivity index (χ1v) is 9.32. The number of aldehydes is 1. The molecule has 0 unspecified atom stereocenters. The van der Waals surface area contributed by atoms with Crippen LogP contribution in [-0.4, -0.2) is 33.4 Å². The lowest BCUT2D eigenvalue weighted by molar-refractivity contribution is -0.348. The van der Waals surface area contributed by atoms with Gasteiger partial charge < -0.3 is 0 Å². The zero-order valence-corrected chi connectivity index (χ0v) is 17.3. The minimum Gasteiger partial charge on any atom is -0.298 e. The number of hydrogen-bond donors (Lipinski definition) is 0. The molecule has 2 heterocycles. The van der Waals surface area contributed by atoms with Gasteiger partial charge in [-0.1, -0.05) is 34.8 Å². The fourth-order valence-electron chi connectivity index (χ4n) is 2.77. The highest BCUT2D eigenvalue weighted by atomic mass is 35.5. The van der Waals surface area contributed by atoms with Gasteiger partial charge in [-0.25, -0.2) is 14.1 Å². The molecule has 0 amide bonds. The van der Waals surface area contributed by atoms with Crippen LogP contribution >= 0.6 is 34.8 Å². The summed E-state index contributed by atoms with van der Waals surface area (Å²) in [5.41, 5.74) is -7.06. The number of alkyl halides is 7. The van der Waals surface area contributed by atoms with Crippen molar-refractivity contribution < 1.29 is 35.5 Å². The smallest absolute Gasteiger partial charge is 0.298 e. The molecule has 0 spiro atoms. The maximum atomic E-state index is 14.3. The number of pyridine rings is 1. The third kappa shape index (κ3) is 4.04. The molecule has 0 radical (unpaired) electrons. The molecule has 170 valence electrons. The Kier molecular flexibility index (Phi) is 6.22. The van der Waals surface area contributed by atoms with Crippen molar-refractivity contribution in [1.82, 2.24) is 14.8 Å². The number of rotatable bonds is 4. The first-order valence-electron chi connectivity index (χ1n) is 8.18. The predicted molar refractivity (Wildman–Crippen MR) is 102 cm³/mol. The standard InChI is InChI=1S/C18H7Cl3F7N3O/c19-12-2-11(16(22,17(23,24)25)18(26,27)28)3-13(20)14(12)31-6-10(5-30-31)8-1-9(7-32)15(21)29-4-8/h1-7H. The molecule has 32 heavy (non-hydrogen) atoms. The van der Waals surface area contributed by atoms with E-state index in [1.165, 1.54) is 24.7 Å². The summed E-state index contributed by atoms with van der Waals surface area (Å²) in [5, 5.41) is 2.41. The van der Waals surface area contributed by atoms with Gasteiger partial charge in [-0.3, -0.25) is 4.79 Å². The Balaban J connectivity index is 2.10. The first kappa shape index (κ1) is 24.3. The van der Waals surface area contributed by atoms with Crippen LogP contribution in [0.5, 0.6) is 0 Å². The van der Waals surface area contributed by atoms with Crippen molar-refractivity contribution in [2.75, 3.05) is 0 Å². The highest BCUT2D eigenvalue weighted by Gasteiger charge is 2.73. The fourth-order valence-corrected chi connectivity index (χ4v) is 3.58. The van der Waals surface area contributed by atoms with Crippen LogP contribution in [-0.2, 0) is 5.67 Å². The fraction of sp³-hybridized carbons (Fsp3) is 0.167. The summed E-state index contributed by atoms with van der Waals surface area (Å²) in [7, 11) is 0. The summed E-state index contributed by atoms with van der Waals surface area (Å²) in [6.07, 6.45) is -8.38. The van der Waals surface area contributed by atoms with Gasteiger partial charge in [0.15, 0.2) is 6.29 Å². The Morgan fingerprint density at radius 1 is 0.844 bits per heavy atom. The Morgan fingerprint density at radius 2 is 1.41 bits per heavy atom. The van der Waals surface area contributed by atoms with Crippen LogP contribution in [0.15, 0.2) is 36.8 Å². The molecule has 3 aromatic rings. The van der Waals surface area contributed by atoms with Gasteiger partial charge in [0.2, 0.25) is 0 Å². The van der Waals surface area contributed by atoms with E-state index in [0.717, 1.165) is 4.68 Å². The van der Waals surface area contributed by atoms with Crippen molar-refractivity contribution in [3.63, 3.8) is 0 Å². The highest BCUT2D eigenvalue weighted by molar-refractivity contribution is 6.38. The van der Waals surface area contributed by atoms with E-state index in [2.05, 4.69) is 10.1 Å². The maximum absolute atomic E-state index is 14.3. The zero-order valence-electron chi connectivity index (χ0n) is 15.1. The van der Waals surface area contributed by atoms with Crippen molar-refractivity contribution in [3.8, 4) is 16.8 Å². The topological polar surface area (TPSA) is 47.8 Å². The van der Waals surface area contributed by atoms with E-state index >= 15 is 0 Å². The molecular weight excluding hydrogens is 514 g/mol. The molecule has 4 nitrogen and oxygen atoms in total. The number of carbonyl (C=O) groups excluding carboxylic acids is 1. The molecule has 0 N–H and O–H groups in total. The van der Waals surface area contributed by atoms with Gasteiger partial charge in [0.1, 0.15) is 10.8 Å². The van der Waals surface area contributed by atoms with E-state index in [0.29, 0.717) is 17.4 Å². The number of hydrogen-bond acceptors (Lipinski definition) is 3. The van der Waals surface area contributed by atoms with Gasteiger partial charge in [-0.05, 0) is 18.2 Å². The van der Waals surface area contributed by atoms with Crippen molar-refractivity contribution >= 4 is 41.1 Å². The van der Waals surface area contributed by atoms with Gasteiger partial charge in [0.25, 0.3) is 0 Å². The molecule has 0 atom stereocenters. The lowest BCUT2D eigenvalue weighted by Crippen LogP contribution is -2.50. The molecule has 14 heteroatoms. The normalized spacial score (nSPS) is 12.8. The number of nitrogens with zero attached hydrogens (tertiary/aromatic N) is 3. The molecule has 0 bridgehead atoms. The largest absolute Gasteiger partial charge is 0.435 e. The van der Waals surface area contributed by atoms with Crippen LogP contribution in [0.2, 0.25) is 15.2 Å². The van der Waals surface area contributed by atoms with Crippen LogP contribution in [0.4, 0.5) is 30.7 Å². The average Bonchev–Trinajstić information content (AvgIpc) is 3.14. The minimum atomic E-state index is -6.32. The van der Waals surface area contributed by atoms with E-state index in [1.54, 1.807) is 0 Å². The molecule has 0 aliphatic heterocycles. The van der Waals surface area contributed by atoms with Crippen LogP contribution in [0.1, 0.15) is 15.9 Å². The Labute approximate surface area is 189 Å². The summed E-state index contributed by atoms with van der Waals surface area (Å²) in [6, 6.07) is 1.74. The molecule has 0 saturated heterocycles. The SMILES string of the molecule is O=Cc1cc(-c2cnn(-c3c(Cl)cc(C(F)(C(F)(F)F)C(F)(F)F)cc3Cl)c2)cnc1Cl. The number of halogens is 10. The third-order valence-corrected chi connectivity index (χ3v) is 5.23. The monoisotopic (exact) mass is 519 g/mol. The Hall–Kier alpha value is -2.37. The lowest BCUT2D eigenvalue weighted by atomic mass is 9.94. The summed E-state index contributed by atoms with van der Waals surface area (Å²) in [6.45, 7) is 0. The molecule has 0 saturated carbocycles. The summed E-state index contributed by atoms with van der Waals surface area (Å²) in [4.78, 5) is 14.8. The second-order valence-electron chi connectivity index (χ2n) is 6.34. The molecule has 1 aromatic carbocycles. The predicted octanol–water partition coefficient (Wildman–Crippen LogP) is 7.00. The van der Waals surface area contributed by atoms with Crippen LogP contribution in [0, 0.1) is 0 Å². The summed E-state index contributed by atoms with van der Waals surface area (Å²) >= 11 is 17.5. The quantitative estimate of drug-likeness (QED) is 0.212. The Bertz CT molecular complexity index is 1150. The van der Waals surface area contributed by atoms with Crippen molar-refractivity contribution in [2.24, 2.45) is 0 Å². The van der Waals surface area contributed by atoms with Crippen molar-refractivity contribution in [2.45, 2.75) is 18.0 Å². The third-order valence-electron chi connectivity index (χ3n) is 4.33. The van der Waals surface area contributed by atoms with Gasteiger partial charge in [0.05, 0.1) is 21.8 Å². The van der Waals surface area contributed by atoms with Gasteiger partial charge in [-0.2, -0.15) is 31.4 Å². The zero-order chi connectivity index (χ0) is 24.1. The first-order chi connectivity index (χ1) is 14.7. The second kappa shape index (κ2) is 8.20. The molecular formula is C18H7Cl3F7N3O. The van der Waals surface area contributed by atoms with Crippen LogP contribution in [0.3, 0.4) is 0 Å². The maximum Gasteiger partial charge on any atom is 0.435 e. The van der Waals surface area contributed by atoms with Crippen LogP contribution < -0.4 is 0 Å². The average molecular weight is 521 g/mol. The number of aromatic nitrogens is 3. The second-order valence-corrected chi connectivity index (χ2v) is 7.51. The molecule has 2 aromatic heterocycles. The summed E-state index contributed by atoms with van der Waals surface area (Å²) < 4.78 is 93.4. The Morgan fingerprint density at radius 3 is 1.91 bits per heavy atom. The molecule has 3 rings (SSSR count). The minimum absolute atomic E-state index is 0.0538.